The van der Waals surface area contributed by atoms with Gasteiger partial charge in [0.25, 0.3) is 0 Å². The van der Waals surface area contributed by atoms with Crippen LogP contribution in [0.3, 0.4) is 0 Å². The van der Waals surface area contributed by atoms with Crippen LogP contribution in [0, 0.1) is 0 Å². The molecule has 5 nitrogen and oxygen atoms in total. The summed E-state index contributed by atoms with van der Waals surface area (Å²) in [6.07, 6.45) is 6.57. The number of pyridine rings is 1. The molecule has 5 heteroatoms. The molecule has 0 spiro atoms. The van der Waals surface area contributed by atoms with E-state index in [0.29, 0.717) is 12.1 Å². The molecule has 1 atom stereocenters. The topological polar surface area (TPSA) is 46.0 Å². The molecule has 29 heavy (non-hydrogen) atoms. The second-order valence-corrected chi connectivity index (χ2v) is 8.50. The first-order valence-electron chi connectivity index (χ1n) is 10.9. The summed E-state index contributed by atoms with van der Waals surface area (Å²) in [6.45, 7) is 7.25. The Morgan fingerprint density at radius 3 is 2.93 bits per heavy atom. The highest BCUT2D eigenvalue weighted by molar-refractivity contribution is 5.75. The van der Waals surface area contributed by atoms with Crippen LogP contribution in [0.5, 0.6) is 0 Å². The molecule has 0 saturated heterocycles. The number of nitrogens with zero attached hydrogens (tertiary/aromatic N) is 4. The van der Waals surface area contributed by atoms with E-state index in [0.717, 1.165) is 43.8 Å². The van der Waals surface area contributed by atoms with Gasteiger partial charge in [-0.3, -0.25) is 9.88 Å². The Balaban J connectivity index is 1.55. The van der Waals surface area contributed by atoms with E-state index in [4.69, 9.17) is 9.97 Å². The van der Waals surface area contributed by atoms with Crippen LogP contribution in [-0.2, 0) is 19.5 Å². The normalized spacial score (nSPS) is 16.7. The lowest BCUT2D eigenvalue weighted by Gasteiger charge is -2.32. The van der Waals surface area contributed by atoms with E-state index in [1.165, 1.54) is 29.6 Å². The fourth-order valence-electron chi connectivity index (χ4n) is 4.47. The third-order valence-corrected chi connectivity index (χ3v) is 5.93. The molecule has 3 aromatic rings. The van der Waals surface area contributed by atoms with Crippen LogP contribution in [0.2, 0.25) is 0 Å². The van der Waals surface area contributed by atoms with Crippen LogP contribution < -0.4 is 5.32 Å². The number of benzene rings is 1. The molecule has 2 aromatic heterocycles. The molecule has 0 radical (unpaired) electrons. The Hall–Kier alpha value is -2.24. The first-order valence-corrected chi connectivity index (χ1v) is 10.9. The standard InChI is InChI=1S/C24H33N5/c1-18(2)25-15-8-16-29-21-12-5-4-11-20(21)27-23(29)17-28(3)22-13-6-9-19-10-7-14-26-24(19)22/h4-5,7,10-12,14,18,22,25H,6,8-9,13,15-17H2,1-3H3. The van der Waals surface area contributed by atoms with Crippen LogP contribution >= 0.6 is 0 Å². The fraction of sp³-hybridized carbons (Fsp3) is 0.500. The van der Waals surface area contributed by atoms with E-state index in [9.17, 15) is 0 Å². The zero-order valence-corrected chi connectivity index (χ0v) is 17.9. The van der Waals surface area contributed by atoms with Crippen molar-refractivity contribution in [2.24, 2.45) is 0 Å². The highest BCUT2D eigenvalue weighted by Gasteiger charge is 2.26. The monoisotopic (exact) mass is 391 g/mol. The van der Waals surface area contributed by atoms with Crippen molar-refractivity contribution >= 4 is 11.0 Å². The van der Waals surface area contributed by atoms with Crippen molar-refractivity contribution < 1.29 is 0 Å². The second kappa shape index (κ2) is 9.06. The average molecular weight is 392 g/mol. The molecule has 0 bridgehead atoms. The minimum Gasteiger partial charge on any atom is -0.327 e. The minimum atomic E-state index is 0.371. The number of para-hydroxylation sites is 2. The molecular weight excluding hydrogens is 358 g/mol. The molecule has 4 rings (SSSR count). The molecule has 1 unspecified atom stereocenters. The Morgan fingerprint density at radius 1 is 1.21 bits per heavy atom. The summed E-state index contributed by atoms with van der Waals surface area (Å²) in [5.41, 5.74) is 4.99. The summed E-state index contributed by atoms with van der Waals surface area (Å²) in [5.74, 6) is 1.15. The van der Waals surface area contributed by atoms with Crippen LogP contribution in [0.1, 0.15) is 56.2 Å². The fourth-order valence-corrected chi connectivity index (χ4v) is 4.47. The van der Waals surface area contributed by atoms with Crippen LogP contribution in [0.25, 0.3) is 11.0 Å². The molecule has 1 aromatic carbocycles. The number of aromatic nitrogens is 3. The van der Waals surface area contributed by atoms with Crippen molar-refractivity contribution in [3.63, 3.8) is 0 Å². The number of rotatable bonds is 8. The van der Waals surface area contributed by atoms with Crippen molar-refractivity contribution in [3.8, 4) is 0 Å². The van der Waals surface area contributed by atoms with E-state index >= 15 is 0 Å². The number of imidazole rings is 1. The lowest BCUT2D eigenvalue weighted by atomic mass is 9.91. The average Bonchev–Trinajstić information content (AvgIpc) is 3.07. The zero-order chi connectivity index (χ0) is 20.2. The Bertz CT molecular complexity index is 945. The quantitative estimate of drug-likeness (QED) is 0.581. The molecule has 154 valence electrons. The SMILES string of the molecule is CC(C)NCCCn1c(CN(C)C2CCCc3cccnc32)nc2ccccc21. The summed E-state index contributed by atoms with van der Waals surface area (Å²) >= 11 is 0. The van der Waals surface area contributed by atoms with Gasteiger partial charge in [-0.25, -0.2) is 4.98 Å². The van der Waals surface area contributed by atoms with E-state index in [1.807, 2.05) is 6.20 Å². The second-order valence-electron chi connectivity index (χ2n) is 8.50. The molecule has 2 heterocycles. The van der Waals surface area contributed by atoms with Gasteiger partial charge in [-0.2, -0.15) is 0 Å². The zero-order valence-electron chi connectivity index (χ0n) is 17.9. The first-order chi connectivity index (χ1) is 14.1. The minimum absolute atomic E-state index is 0.371. The van der Waals surface area contributed by atoms with Gasteiger partial charge in [0, 0.05) is 18.8 Å². The van der Waals surface area contributed by atoms with Crippen molar-refractivity contribution in [1.29, 1.82) is 0 Å². The van der Waals surface area contributed by atoms with Crippen molar-refractivity contribution in [1.82, 2.24) is 24.8 Å². The van der Waals surface area contributed by atoms with Crippen molar-refractivity contribution in [2.75, 3.05) is 13.6 Å². The number of nitrogens with one attached hydrogen (secondary N) is 1. The molecule has 0 aliphatic heterocycles. The molecule has 1 aliphatic rings. The number of fused-ring (bicyclic) bond motifs is 2. The highest BCUT2D eigenvalue weighted by Crippen LogP contribution is 2.33. The van der Waals surface area contributed by atoms with Crippen molar-refractivity contribution in [2.45, 2.75) is 64.7 Å². The lowest BCUT2D eigenvalue weighted by molar-refractivity contribution is 0.201. The largest absolute Gasteiger partial charge is 0.327 e. The van der Waals surface area contributed by atoms with Gasteiger partial charge in [0.15, 0.2) is 0 Å². The maximum Gasteiger partial charge on any atom is 0.124 e. The third kappa shape index (κ3) is 4.51. The summed E-state index contributed by atoms with van der Waals surface area (Å²) in [6, 6.07) is 13.7. The molecule has 1 aliphatic carbocycles. The molecule has 0 fully saturated rings. The molecule has 0 amide bonds. The van der Waals surface area contributed by atoms with E-state index in [1.54, 1.807) is 0 Å². The number of aryl methyl sites for hydroxylation is 2. The molecule has 1 N–H and O–H groups in total. The van der Waals surface area contributed by atoms with Crippen molar-refractivity contribution in [3.05, 3.63) is 59.7 Å². The van der Waals surface area contributed by atoms with Gasteiger partial charge in [-0.1, -0.05) is 32.0 Å². The Kier molecular flexibility index (Phi) is 6.26. The van der Waals surface area contributed by atoms with Crippen LogP contribution in [0.15, 0.2) is 42.6 Å². The Morgan fingerprint density at radius 2 is 2.07 bits per heavy atom. The van der Waals surface area contributed by atoms with Gasteiger partial charge in [0.05, 0.1) is 29.3 Å². The van der Waals surface area contributed by atoms with E-state index in [-0.39, 0.29) is 0 Å². The van der Waals surface area contributed by atoms with Gasteiger partial charge in [0.2, 0.25) is 0 Å². The third-order valence-electron chi connectivity index (χ3n) is 5.93. The first kappa shape index (κ1) is 20.0. The smallest absolute Gasteiger partial charge is 0.124 e. The Labute approximate surface area is 174 Å². The van der Waals surface area contributed by atoms with Gasteiger partial charge >= 0.3 is 0 Å². The predicted octanol–water partition coefficient (Wildman–Crippen LogP) is 4.33. The van der Waals surface area contributed by atoms with Gasteiger partial charge < -0.3 is 9.88 Å². The lowest BCUT2D eigenvalue weighted by Crippen LogP contribution is -2.29. The summed E-state index contributed by atoms with van der Waals surface area (Å²) in [4.78, 5) is 12.2. The molecular formula is C24H33N5. The highest BCUT2D eigenvalue weighted by atomic mass is 15.2. The summed E-state index contributed by atoms with van der Waals surface area (Å²) in [5, 5.41) is 3.53. The van der Waals surface area contributed by atoms with Gasteiger partial charge in [-0.15, -0.1) is 0 Å². The van der Waals surface area contributed by atoms with E-state index < -0.39 is 0 Å². The van der Waals surface area contributed by atoms with E-state index in [2.05, 4.69) is 72.1 Å². The molecule has 0 saturated carbocycles. The maximum absolute atomic E-state index is 5.00. The number of hydrogen-bond donors (Lipinski definition) is 1. The van der Waals surface area contributed by atoms with Gasteiger partial charge in [0.1, 0.15) is 5.82 Å². The predicted molar refractivity (Wildman–Crippen MR) is 119 cm³/mol. The van der Waals surface area contributed by atoms with Crippen LogP contribution in [-0.4, -0.2) is 39.1 Å². The van der Waals surface area contributed by atoms with Gasteiger partial charge in [-0.05, 0) is 63.0 Å². The van der Waals surface area contributed by atoms with Crippen LogP contribution in [0.4, 0.5) is 0 Å². The maximum atomic E-state index is 5.00. The number of hydrogen-bond acceptors (Lipinski definition) is 4. The summed E-state index contributed by atoms with van der Waals surface area (Å²) in [7, 11) is 2.22. The summed E-state index contributed by atoms with van der Waals surface area (Å²) < 4.78 is 2.41.